The fourth-order valence-corrected chi connectivity index (χ4v) is 2.60. The molecule has 0 aromatic heterocycles. The van der Waals surface area contributed by atoms with Crippen molar-refractivity contribution >= 4 is 14.3 Å². The highest BCUT2D eigenvalue weighted by atomic mass is 28.4. The number of ether oxygens (including phenoxy) is 2. The van der Waals surface area contributed by atoms with Crippen LogP contribution in [-0.2, 0) is 4.74 Å². The summed E-state index contributed by atoms with van der Waals surface area (Å²) < 4.78 is 10.3. The molecule has 21 heavy (non-hydrogen) atoms. The highest BCUT2D eigenvalue weighted by molar-refractivity contribution is 6.72. The lowest BCUT2D eigenvalue weighted by Crippen LogP contribution is -2.39. The van der Waals surface area contributed by atoms with Crippen molar-refractivity contribution in [2.75, 3.05) is 13.7 Å². The molecule has 1 rings (SSSR count). The first kappa shape index (κ1) is 17.7. The minimum atomic E-state index is -2.15. The van der Waals surface area contributed by atoms with Gasteiger partial charge in [0.2, 0.25) is 0 Å². The zero-order valence-corrected chi connectivity index (χ0v) is 14.6. The fourth-order valence-electron chi connectivity index (χ4n) is 1.82. The summed E-state index contributed by atoms with van der Waals surface area (Å²) in [7, 11) is -0.784. The average molecular weight is 310 g/mol. The standard InChI is InChI=1S/C16H26O4Si/c1-16(2,21(4,5)18)11-6-12-20-14-9-7-13(8-10-14)15(17)19-3/h7-10,18H,6,11-12H2,1-5H3. The van der Waals surface area contributed by atoms with Crippen LogP contribution in [-0.4, -0.2) is 32.8 Å². The molecule has 0 heterocycles. The number of carbonyl (C=O) groups is 1. The van der Waals surface area contributed by atoms with E-state index in [2.05, 4.69) is 18.6 Å². The first-order chi connectivity index (χ1) is 9.67. The molecule has 5 heteroatoms. The zero-order valence-electron chi connectivity index (χ0n) is 13.6. The van der Waals surface area contributed by atoms with Gasteiger partial charge in [-0.15, -0.1) is 0 Å². The van der Waals surface area contributed by atoms with Crippen molar-refractivity contribution in [1.29, 1.82) is 0 Å². The lowest BCUT2D eigenvalue weighted by atomic mass is 10.1. The molecule has 0 atom stereocenters. The lowest BCUT2D eigenvalue weighted by Gasteiger charge is -2.35. The molecule has 0 amide bonds. The van der Waals surface area contributed by atoms with Crippen LogP contribution in [0.3, 0.4) is 0 Å². The second kappa shape index (κ2) is 7.09. The number of benzene rings is 1. The number of hydrogen-bond donors (Lipinski definition) is 1. The Morgan fingerprint density at radius 3 is 2.29 bits per heavy atom. The van der Waals surface area contributed by atoms with Crippen LogP contribution in [0.4, 0.5) is 0 Å². The Kier molecular flexibility index (Phi) is 5.98. The number of esters is 1. The molecule has 0 unspecified atom stereocenters. The molecule has 0 radical (unpaired) electrons. The largest absolute Gasteiger partial charge is 0.494 e. The summed E-state index contributed by atoms with van der Waals surface area (Å²) in [4.78, 5) is 21.5. The first-order valence-corrected chi connectivity index (χ1v) is 10.2. The molecule has 1 aromatic carbocycles. The molecule has 0 aliphatic heterocycles. The second-order valence-corrected chi connectivity index (χ2v) is 10.9. The third-order valence-corrected chi connectivity index (χ3v) is 7.71. The maximum atomic E-state index is 11.3. The molecular weight excluding hydrogens is 284 g/mol. The van der Waals surface area contributed by atoms with Gasteiger partial charge in [0.25, 0.3) is 0 Å². The van der Waals surface area contributed by atoms with Gasteiger partial charge in [-0.3, -0.25) is 0 Å². The van der Waals surface area contributed by atoms with Crippen LogP contribution in [0.5, 0.6) is 5.75 Å². The molecule has 0 aliphatic rings. The number of carbonyl (C=O) groups excluding carboxylic acids is 1. The summed E-state index contributed by atoms with van der Waals surface area (Å²) in [6, 6.07) is 6.91. The molecule has 0 bridgehead atoms. The van der Waals surface area contributed by atoms with Crippen LogP contribution in [0.25, 0.3) is 0 Å². The molecular formula is C16H26O4Si. The zero-order chi connectivity index (χ0) is 16.1. The average Bonchev–Trinajstić information content (AvgIpc) is 2.42. The lowest BCUT2D eigenvalue weighted by molar-refractivity contribution is 0.0600. The van der Waals surface area contributed by atoms with E-state index in [1.54, 1.807) is 24.3 Å². The van der Waals surface area contributed by atoms with Crippen molar-refractivity contribution in [2.24, 2.45) is 0 Å². The summed E-state index contributed by atoms with van der Waals surface area (Å²) in [6.45, 7) is 8.78. The van der Waals surface area contributed by atoms with Crippen LogP contribution < -0.4 is 4.74 Å². The maximum Gasteiger partial charge on any atom is 0.337 e. The molecule has 4 nitrogen and oxygen atoms in total. The highest BCUT2D eigenvalue weighted by Gasteiger charge is 2.37. The van der Waals surface area contributed by atoms with Crippen molar-refractivity contribution < 1.29 is 19.1 Å². The molecule has 0 saturated heterocycles. The summed E-state index contributed by atoms with van der Waals surface area (Å²) in [5, 5.41) is -0.0227. The normalized spacial score (nSPS) is 12.1. The summed E-state index contributed by atoms with van der Waals surface area (Å²) in [6.07, 6.45) is 1.83. The van der Waals surface area contributed by atoms with Crippen LogP contribution in [0.2, 0.25) is 18.1 Å². The molecule has 0 saturated carbocycles. The first-order valence-electron chi connectivity index (χ1n) is 7.21. The van der Waals surface area contributed by atoms with Gasteiger partial charge in [-0.05, 0) is 55.2 Å². The van der Waals surface area contributed by atoms with E-state index in [1.165, 1.54) is 7.11 Å². The topological polar surface area (TPSA) is 55.8 Å². The van der Waals surface area contributed by atoms with Gasteiger partial charge >= 0.3 is 5.97 Å². The monoisotopic (exact) mass is 310 g/mol. The van der Waals surface area contributed by atoms with Crippen LogP contribution in [0, 0.1) is 0 Å². The Labute approximate surface area is 128 Å². The van der Waals surface area contributed by atoms with Crippen molar-refractivity contribution in [1.82, 2.24) is 0 Å². The van der Waals surface area contributed by atoms with E-state index in [1.807, 2.05) is 13.1 Å². The molecule has 1 N–H and O–H groups in total. The quantitative estimate of drug-likeness (QED) is 0.475. The van der Waals surface area contributed by atoms with Gasteiger partial charge in [0.1, 0.15) is 5.75 Å². The van der Waals surface area contributed by atoms with Gasteiger partial charge in [-0.2, -0.15) is 0 Å². The Balaban J connectivity index is 2.42. The molecule has 0 aliphatic carbocycles. The number of methoxy groups -OCH3 is 1. The van der Waals surface area contributed by atoms with E-state index in [4.69, 9.17) is 4.74 Å². The number of rotatable bonds is 7. The maximum absolute atomic E-state index is 11.3. The minimum absolute atomic E-state index is 0.0227. The van der Waals surface area contributed by atoms with E-state index in [-0.39, 0.29) is 11.0 Å². The van der Waals surface area contributed by atoms with Gasteiger partial charge in [0.05, 0.1) is 19.3 Å². The Hall–Kier alpha value is -1.33. The van der Waals surface area contributed by atoms with Crippen LogP contribution in [0.15, 0.2) is 24.3 Å². The van der Waals surface area contributed by atoms with Gasteiger partial charge in [0.15, 0.2) is 8.32 Å². The summed E-state index contributed by atoms with van der Waals surface area (Å²) in [5.41, 5.74) is 0.513. The van der Waals surface area contributed by atoms with E-state index < -0.39 is 8.32 Å². The molecule has 0 fully saturated rings. The third kappa shape index (κ3) is 5.17. The van der Waals surface area contributed by atoms with Gasteiger partial charge in [-0.25, -0.2) is 4.79 Å². The van der Waals surface area contributed by atoms with Crippen molar-refractivity contribution in [2.45, 2.75) is 44.8 Å². The van der Waals surface area contributed by atoms with Crippen molar-refractivity contribution in [3.63, 3.8) is 0 Å². The van der Waals surface area contributed by atoms with E-state index in [9.17, 15) is 9.59 Å². The third-order valence-electron chi connectivity index (χ3n) is 4.15. The van der Waals surface area contributed by atoms with Crippen molar-refractivity contribution in [3.8, 4) is 5.75 Å². The van der Waals surface area contributed by atoms with Gasteiger partial charge in [-0.1, -0.05) is 13.8 Å². The van der Waals surface area contributed by atoms with Crippen LogP contribution in [0.1, 0.15) is 37.0 Å². The molecule has 1 aromatic rings. The van der Waals surface area contributed by atoms with Gasteiger partial charge in [0, 0.05) is 0 Å². The van der Waals surface area contributed by atoms with E-state index in [0.29, 0.717) is 12.2 Å². The van der Waals surface area contributed by atoms with Gasteiger partial charge < -0.3 is 14.3 Å². The fraction of sp³-hybridized carbons (Fsp3) is 0.562. The minimum Gasteiger partial charge on any atom is -0.494 e. The smallest absolute Gasteiger partial charge is 0.337 e. The molecule has 0 spiro atoms. The molecule has 118 valence electrons. The van der Waals surface area contributed by atoms with Crippen molar-refractivity contribution in [3.05, 3.63) is 29.8 Å². The Morgan fingerprint density at radius 1 is 1.24 bits per heavy atom. The highest BCUT2D eigenvalue weighted by Crippen LogP contribution is 2.39. The second-order valence-electron chi connectivity index (χ2n) is 6.41. The predicted octanol–water partition coefficient (Wildman–Crippen LogP) is 3.61. The van der Waals surface area contributed by atoms with E-state index >= 15 is 0 Å². The number of hydrogen-bond acceptors (Lipinski definition) is 4. The van der Waals surface area contributed by atoms with E-state index in [0.717, 1.165) is 18.6 Å². The van der Waals surface area contributed by atoms with Crippen LogP contribution >= 0.6 is 0 Å². The summed E-state index contributed by atoms with van der Waals surface area (Å²) >= 11 is 0. The Morgan fingerprint density at radius 2 is 1.81 bits per heavy atom. The predicted molar refractivity (Wildman–Crippen MR) is 86.3 cm³/mol. The Bertz CT molecular complexity index is 460. The SMILES string of the molecule is COC(=O)c1ccc(OCCCC(C)(C)[Si](C)(C)O)cc1. The summed E-state index contributed by atoms with van der Waals surface area (Å²) in [5.74, 6) is 0.388.